The highest BCUT2D eigenvalue weighted by atomic mass is 28.4. The zero-order valence-corrected chi connectivity index (χ0v) is 105. The number of hydrogen-bond donors (Lipinski definition) is 2. The van der Waals surface area contributed by atoms with E-state index < -0.39 is 66.5 Å². The molecular formula is C112H194N8O16Si8. The van der Waals surface area contributed by atoms with Crippen LogP contribution in [0.15, 0.2) is 48.5 Å². The Labute approximate surface area is 877 Å². The van der Waals surface area contributed by atoms with Gasteiger partial charge in [0.05, 0.1) is 96.7 Å². The molecule has 8 bridgehead atoms. The first-order valence-electron chi connectivity index (χ1n) is 54.2. The Bertz CT molecular complexity index is 4850. The minimum absolute atomic E-state index is 0.0504. The van der Waals surface area contributed by atoms with Gasteiger partial charge in [-0.05, 0) is 296 Å². The molecule has 0 atom stereocenters. The van der Waals surface area contributed by atoms with E-state index in [0.717, 1.165) is 51.4 Å². The second kappa shape index (κ2) is 49.6. The molecule has 2 aliphatic heterocycles. The molecule has 0 amide bonds. The van der Waals surface area contributed by atoms with E-state index >= 15 is 0 Å². The monoisotopic (exact) mass is 2130 g/mol. The summed E-state index contributed by atoms with van der Waals surface area (Å²) < 4.78 is 112. The largest absolute Gasteiger partial charge is 0.493 e. The van der Waals surface area contributed by atoms with Crippen LogP contribution in [0.5, 0.6) is 46.0 Å². The average molecular weight is 2130 g/mol. The Hall–Kier alpha value is -5.94. The van der Waals surface area contributed by atoms with Crippen molar-refractivity contribution in [3.8, 4) is 91.5 Å². The summed E-state index contributed by atoms with van der Waals surface area (Å²) in [7, 11) is -16.5. The SMILES string of the molecule is CC(C)(C)[Si](C)(C)OCCCCOc1ccc(OCCCCO[Si](C)(C)C(C)(C)C)c2c1-c1nc-2nc2[nH]c(nc3nc(nc4[nH]c(n1)c1c(OCCCCO[Si](C)(C)C(C)(C)C)ccc(OCCCCO[Si](C)(C)C(C)(C)C)c41)-c1c(OCCCCO[Si](C)(C)C(C)(C)C)ccc(OCCCCO[Si](C)(C)C(C)(C)C)c1-3)c1c(OCCCCO[Si](C)(C)C(C)(C)C)ccc(OCCCCO[Si](C)(C)C(C)(C)C)c21. The predicted molar refractivity (Wildman–Crippen MR) is 619 cm³/mol. The van der Waals surface area contributed by atoms with Crippen LogP contribution in [-0.2, 0) is 35.4 Å². The molecule has 0 radical (unpaired) electrons. The van der Waals surface area contributed by atoms with Gasteiger partial charge < -0.3 is 83.3 Å². The highest BCUT2D eigenvalue weighted by Crippen LogP contribution is 2.53. The van der Waals surface area contributed by atoms with E-state index in [1.807, 2.05) is 48.5 Å². The lowest BCUT2D eigenvalue weighted by molar-refractivity contribution is 0.250. The van der Waals surface area contributed by atoms with Crippen LogP contribution in [0.2, 0.25) is 145 Å². The van der Waals surface area contributed by atoms with Crippen LogP contribution < -0.4 is 37.9 Å². The summed E-state index contributed by atoms with van der Waals surface area (Å²) in [6.45, 7) is 99.5. The molecule has 0 spiro atoms. The minimum Gasteiger partial charge on any atom is -0.493 e. The van der Waals surface area contributed by atoms with Gasteiger partial charge in [-0.1, -0.05) is 166 Å². The highest BCUT2D eigenvalue weighted by molar-refractivity contribution is 6.77. The Morgan fingerprint density at radius 3 is 0.424 bits per heavy atom. The summed E-state index contributed by atoms with van der Waals surface area (Å²) in [4.78, 5) is 43.0. The molecule has 4 aromatic carbocycles. The summed E-state index contributed by atoms with van der Waals surface area (Å²) in [6, 6.07) is 16.0. The summed E-state index contributed by atoms with van der Waals surface area (Å²) in [5.41, 5.74) is 3.89. The third kappa shape index (κ3) is 32.1. The fourth-order valence-corrected chi connectivity index (χ4v) is 23.2. The van der Waals surface area contributed by atoms with Crippen molar-refractivity contribution in [2.45, 2.75) is 414 Å². The molecule has 9 rings (SSSR count). The molecule has 0 fully saturated rings. The van der Waals surface area contributed by atoms with Gasteiger partial charge in [0.2, 0.25) is 0 Å². The second-order valence-corrected chi connectivity index (χ2v) is 90.6. The minimum atomic E-state index is -2.06. The maximum absolute atomic E-state index is 7.24. The molecular weight excluding hydrogens is 1940 g/mol. The molecule has 0 unspecified atom stereocenters. The van der Waals surface area contributed by atoms with E-state index in [4.69, 9.17) is 103 Å². The number of aromatic amines is 2. The third-order valence-corrected chi connectivity index (χ3v) is 69.0. The van der Waals surface area contributed by atoms with Gasteiger partial charge in [0.1, 0.15) is 68.6 Å². The number of unbranched alkanes of at least 4 members (excludes halogenated alkanes) is 8. The fraction of sp³-hybridized carbons (Fsp3) is 0.714. The second-order valence-electron chi connectivity index (χ2n) is 52.2. The average Bonchev–Trinajstić information content (AvgIpc) is 1.57. The number of hydrogen-bond acceptors (Lipinski definition) is 22. The van der Waals surface area contributed by atoms with Crippen molar-refractivity contribution < 1.29 is 73.3 Å². The summed E-state index contributed by atoms with van der Waals surface area (Å²) in [5, 5.41) is 2.86. The van der Waals surface area contributed by atoms with Crippen LogP contribution in [0.25, 0.3) is 89.7 Å². The lowest BCUT2D eigenvalue weighted by Crippen LogP contribution is -2.41. The standard InChI is InChI=1S/C112H194N8O16Si8/c1-105(2,3)137(25,26)129-73-49-41-65-121-81-57-58-82(122-66-42-50-74-130-138(27,28)106(4,5)6)90-89(81)97-113-98(90)118-100-93-85(125-69-45-53-77-133-141(33,34)109(13,14)15)61-62-86(126-70-46-54-78-134-142(35,36)110(16,17)18)94(93)102(115-100)120-104-96-88(128-72-48-56-80-136-144(39,40)112(22,23)24)64-63-87(127-71-47-55-79-135-143(37,38)111(19,20)21)95(96)103(116-104)119-101-92-84(124-68-44-52-76-132-140(31,32)108(10,11)12)60-59-83(91(92)99(114-101)117-97)123-67-43-51-75-131-139(29,30)107(7,8)9/h57-64H,41-56,65-80H2,1-40H3,(H2,113,114,115,116,117,118,119,120). The molecule has 0 aliphatic carbocycles. The van der Waals surface area contributed by atoms with Crippen LogP contribution in [-0.4, -0.2) is 212 Å². The van der Waals surface area contributed by atoms with Crippen LogP contribution in [0.1, 0.15) is 269 Å². The number of rotatable bonds is 56. The van der Waals surface area contributed by atoms with Gasteiger partial charge >= 0.3 is 0 Å². The van der Waals surface area contributed by atoms with Gasteiger partial charge in [-0.2, -0.15) is 0 Å². The summed E-state index contributed by atoms with van der Waals surface area (Å²) in [5.74, 6) is 5.59. The van der Waals surface area contributed by atoms with Crippen LogP contribution in [0.3, 0.4) is 0 Å². The number of benzene rings is 4. The Morgan fingerprint density at radius 2 is 0.292 bits per heavy atom. The van der Waals surface area contributed by atoms with Gasteiger partial charge in [-0.15, -0.1) is 0 Å². The molecule has 0 saturated heterocycles. The zero-order valence-electron chi connectivity index (χ0n) is 97.5. The number of aromatic nitrogens is 8. The molecule has 3 aromatic heterocycles. The lowest BCUT2D eigenvalue weighted by Gasteiger charge is -2.36. The molecule has 24 nitrogen and oxygen atoms in total. The van der Waals surface area contributed by atoms with Gasteiger partial charge in [0.25, 0.3) is 0 Å². The molecule has 7 aromatic rings. The first-order valence-corrected chi connectivity index (χ1v) is 77.5. The van der Waals surface area contributed by atoms with E-state index in [2.05, 4.69) is 281 Å². The van der Waals surface area contributed by atoms with Crippen LogP contribution in [0, 0.1) is 0 Å². The molecule has 810 valence electrons. The van der Waals surface area contributed by atoms with Crippen molar-refractivity contribution in [2.75, 3.05) is 106 Å². The van der Waals surface area contributed by atoms with Crippen LogP contribution in [0.4, 0.5) is 0 Å². The summed E-state index contributed by atoms with van der Waals surface area (Å²) in [6.07, 6.45) is 11.9. The first kappa shape index (κ1) is 122. The summed E-state index contributed by atoms with van der Waals surface area (Å²) >= 11 is 0. The lowest BCUT2D eigenvalue weighted by atomic mass is 10.1. The van der Waals surface area contributed by atoms with Crippen molar-refractivity contribution in [1.29, 1.82) is 0 Å². The van der Waals surface area contributed by atoms with Gasteiger partial charge in [-0.3, -0.25) is 0 Å². The molecule has 2 N–H and O–H groups in total. The van der Waals surface area contributed by atoms with Crippen molar-refractivity contribution in [1.82, 2.24) is 39.9 Å². The number of ether oxygens (including phenoxy) is 8. The predicted octanol–water partition coefficient (Wildman–Crippen LogP) is 32.3. The molecule has 0 saturated carbocycles. The maximum atomic E-state index is 7.24. The van der Waals surface area contributed by atoms with Crippen molar-refractivity contribution in [3.63, 3.8) is 0 Å². The number of fused-ring (bicyclic) bond motifs is 20. The highest BCUT2D eigenvalue weighted by Gasteiger charge is 2.45. The number of nitrogens with zero attached hydrogens (tertiary/aromatic N) is 6. The quantitative estimate of drug-likeness (QED) is 0.0265. The van der Waals surface area contributed by atoms with E-state index in [0.29, 0.717) is 293 Å². The van der Waals surface area contributed by atoms with E-state index in [-0.39, 0.29) is 40.3 Å². The number of nitrogens with one attached hydrogen (secondary N) is 2. The Kier molecular flexibility index (Phi) is 41.9. The van der Waals surface area contributed by atoms with Crippen LogP contribution >= 0.6 is 0 Å². The van der Waals surface area contributed by atoms with Gasteiger partial charge in [-0.25, -0.2) is 29.9 Å². The van der Waals surface area contributed by atoms with E-state index in [1.165, 1.54) is 0 Å². The maximum Gasteiger partial charge on any atom is 0.191 e. The Balaban J connectivity index is 1.43. The third-order valence-electron chi connectivity index (χ3n) is 32.6. The molecule has 32 heteroatoms. The Morgan fingerprint density at radius 1 is 0.174 bits per heavy atom. The van der Waals surface area contributed by atoms with Gasteiger partial charge in [0.15, 0.2) is 89.8 Å². The fourth-order valence-electron chi connectivity index (χ4n) is 14.5. The topological polar surface area (TPSA) is 257 Å². The van der Waals surface area contributed by atoms with Gasteiger partial charge in [0, 0.05) is 52.9 Å². The number of H-pyrrole nitrogens is 2. The molecule has 5 heterocycles. The van der Waals surface area contributed by atoms with Crippen molar-refractivity contribution in [3.05, 3.63) is 48.5 Å². The van der Waals surface area contributed by atoms with Crippen molar-refractivity contribution >= 4 is 111 Å². The van der Waals surface area contributed by atoms with E-state index in [9.17, 15) is 0 Å². The first-order chi connectivity index (χ1) is 66.6. The van der Waals surface area contributed by atoms with Crippen molar-refractivity contribution in [2.24, 2.45) is 0 Å². The zero-order chi connectivity index (χ0) is 107. The molecule has 144 heavy (non-hydrogen) atoms. The normalized spacial score (nSPS) is 13.8. The molecule has 2 aliphatic rings. The van der Waals surface area contributed by atoms with E-state index in [1.54, 1.807) is 0 Å². The smallest absolute Gasteiger partial charge is 0.191 e.